The number of H-pyrrole nitrogens is 1. The summed E-state index contributed by atoms with van der Waals surface area (Å²) in [6, 6.07) is 15.2. The quantitative estimate of drug-likeness (QED) is 0.350. The Hall–Kier alpha value is -3.85. The maximum atomic E-state index is 13.4. The molecule has 1 unspecified atom stereocenters. The summed E-state index contributed by atoms with van der Waals surface area (Å²) in [6.45, 7) is 6.61. The molecule has 9 heteroatoms. The molecular weight excluding hydrogens is 484 g/mol. The van der Waals surface area contributed by atoms with E-state index in [1.54, 1.807) is 13.8 Å². The van der Waals surface area contributed by atoms with Crippen molar-refractivity contribution in [1.29, 1.82) is 0 Å². The first kappa shape index (κ1) is 25.8. The highest BCUT2D eigenvalue weighted by Gasteiger charge is 2.51. The summed E-state index contributed by atoms with van der Waals surface area (Å²) in [7, 11) is 0. The minimum atomic E-state index is -0.589. The first-order chi connectivity index (χ1) is 18.4. The van der Waals surface area contributed by atoms with Crippen molar-refractivity contribution in [1.82, 2.24) is 20.1 Å². The maximum Gasteiger partial charge on any atom is 0.325 e. The third kappa shape index (κ3) is 4.98. The van der Waals surface area contributed by atoms with Crippen LogP contribution in [0.5, 0.6) is 5.75 Å². The molecule has 9 nitrogen and oxygen atoms in total. The van der Waals surface area contributed by atoms with Gasteiger partial charge in [-0.3, -0.25) is 14.5 Å². The number of likely N-dealkylation sites (tertiary alicyclic amines) is 1. The lowest BCUT2D eigenvalue weighted by Crippen LogP contribution is -2.58. The largest absolute Gasteiger partial charge is 0.492 e. The molecule has 1 aromatic heterocycles. The Bertz CT molecular complexity index is 1340. The molecule has 3 aromatic rings. The number of carbonyl (C=O) groups excluding carboxylic acids is 3. The number of para-hydroxylation sites is 1. The van der Waals surface area contributed by atoms with Gasteiger partial charge in [-0.15, -0.1) is 0 Å². The fourth-order valence-corrected chi connectivity index (χ4v) is 5.74. The normalized spacial score (nSPS) is 18.9. The van der Waals surface area contributed by atoms with Gasteiger partial charge in [0.15, 0.2) is 5.78 Å². The number of urea groups is 1. The smallest absolute Gasteiger partial charge is 0.325 e. The second-order valence-electron chi connectivity index (χ2n) is 9.88. The van der Waals surface area contributed by atoms with Gasteiger partial charge in [0.05, 0.1) is 12.1 Å². The molecule has 2 aliphatic heterocycles. The van der Waals surface area contributed by atoms with Crippen molar-refractivity contribution >= 4 is 28.7 Å². The van der Waals surface area contributed by atoms with Crippen molar-refractivity contribution in [3.8, 4) is 5.75 Å². The molecule has 1 atom stereocenters. The van der Waals surface area contributed by atoms with Crippen LogP contribution in [0.25, 0.3) is 10.9 Å². The fourth-order valence-electron chi connectivity index (χ4n) is 5.74. The van der Waals surface area contributed by atoms with Gasteiger partial charge in [0.1, 0.15) is 18.9 Å². The van der Waals surface area contributed by atoms with E-state index in [1.165, 1.54) is 0 Å². The number of carbonyl (C=O) groups is 3. The molecule has 0 aliphatic carbocycles. The number of nitrogens with one attached hydrogen (secondary N) is 2. The fraction of sp³-hybridized carbons (Fsp3) is 0.414. The molecule has 1 spiro atoms. The Morgan fingerprint density at radius 3 is 2.68 bits per heavy atom. The molecule has 200 valence electrons. The number of benzene rings is 2. The van der Waals surface area contributed by atoms with Crippen LogP contribution in [0.1, 0.15) is 41.9 Å². The Kier molecular flexibility index (Phi) is 7.37. The summed E-state index contributed by atoms with van der Waals surface area (Å²) in [6.07, 6.45) is 1.40. The van der Waals surface area contributed by atoms with Crippen molar-refractivity contribution in [2.75, 3.05) is 45.9 Å². The lowest BCUT2D eigenvalue weighted by molar-refractivity contribution is -0.141. The van der Waals surface area contributed by atoms with E-state index in [9.17, 15) is 14.4 Å². The number of esters is 1. The van der Waals surface area contributed by atoms with Gasteiger partial charge in [0, 0.05) is 48.3 Å². The minimum absolute atomic E-state index is 0.0257. The maximum absolute atomic E-state index is 13.4. The molecule has 38 heavy (non-hydrogen) atoms. The summed E-state index contributed by atoms with van der Waals surface area (Å²) >= 11 is 0. The lowest BCUT2D eigenvalue weighted by atomic mass is 9.84. The van der Waals surface area contributed by atoms with Crippen LogP contribution in [0, 0.1) is 0 Å². The van der Waals surface area contributed by atoms with Crippen molar-refractivity contribution < 1.29 is 23.9 Å². The van der Waals surface area contributed by atoms with Crippen molar-refractivity contribution in [2.24, 2.45) is 0 Å². The third-order valence-electron chi connectivity index (χ3n) is 7.56. The van der Waals surface area contributed by atoms with Gasteiger partial charge in [-0.1, -0.05) is 18.2 Å². The van der Waals surface area contributed by atoms with Gasteiger partial charge in [0.2, 0.25) is 0 Å². The number of aromatic amines is 1. The zero-order valence-corrected chi connectivity index (χ0v) is 21.9. The number of aromatic nitrogens is 1. The molecule has 0 saturated carbocycles. The van der Waals surface area contributed by atoms with Gasteiger partial charge in [0.25, 0.3) is 0 Å². The van der Waals surface area contributed by atoms with E-state index in [4.69, 9.17) is 9.47 Å². The summed E-state index contributed by atoms with van der Waals surface area (Å²) < 4.78 is 10.9. The number of ketones is 1. The van der Waals surface area contributed by atoms with Crippen LogP contribution < -0.4 is 10.1 Å². The van der Waals surface area contributed by atoms with Gasteiger partial charge >= 0.3 is 12.0 Å². The number of amides is 2. The molecule has 3 heterocycles. The third-order valence-corrected chi connectivity index (χ3v) is 7.56. The molecule has 0 bridgehead atoms. The predicted molar refractivity (Wildman–Crippen MR) is 143 cm³/mol. The predicted octanol–water partition coefficient (Wildman–Crippen LogP) is 3.48. The Morgan fingerprint density at radius 2 is 1.92 bits per heavy atom. The minimum Gasteiger partial charge on any atom is -0.492 e. The summed E-state index contributed by atoms with van der Waals surface area (Å²) in [5.41, 5.74) is 3.21. The molecule has 1 saturated heterocycles. The van der Waals surface area contributed by atoms with Crippen LogP contribution in [-0.4, -0.2) is 78.5 Å². The van der Waals surface area contributed by atoms with Crippen LogP contribution in [0.2, 0.25) is 0 Å². The second-order valence-corrected chi connectivity index (χ2v) is 9.88. The lowest BCUT2D eigenvalue weighted by Gasteiger charge is -2.44. The summed E-state index contributed by atoms with van der Waals surface area (Å²) in [4.78, 5) is 45.2. The van der Waals surface area contributed by atoms with Crippen molar-refractivity contribution in [2.45, 2.75) is 32.2 Å². The Balaban J connectivity index is 1.42. The van der Waals surface area contributed by atoms with E-state index < -0.39 is 11.5 Å². The molecule has 2 N–H and O–H groups in total. The van der Waals surface area contributed by atoms with E-state index >= 15 is 0 Å². The standard InChI is InChI=1S/C29H34N4O5/c1-3-37-26(35)18-30-28(36)33-13-11-23-24-17-21(20(2)34)9-10-25(24)31-27(23)29(33)12-14-32(19-29)15-16-38-22-7-5-4-6-8-22/h4-10,17,31H,3,11-16,18-19H2,1-2H3,(H,30,36). The Labute approximate surface area is 222 Å². The number of rotatable bonds is 8. The zero-order valence-electron chi connectivity index (χ0n) is 21.9. The van der Waals surface area contributed by atoms with Crippen LogP contribution in [0.4, 0.5) is 4.79 Å². The average Bonchev–Trinajstić information content (AvgIpc) is 3.51. The molecule has 2 aromatic carbocycles. The SMILES string of the molecule is CCOC(=O)CNC(=O)N1CCc2c([nH]c3ccc(C(C)=O)cc23)C12CCN(CCOc1ccccc1)C2. The number of fused-ring (bicyclic) bond motifs is 4. The number of hydrogen-bond acceptors (Lipinski definition) is 6. The first-order valence-electron chi connectivity index (χ1n) is 13.2. The van der Waals surface area contributed by atoms with E-state index in [0.717, 1.165) is 47.4 Å². The number of hydrogen-bond donors (Lipinski definition) is 2. The molecule has 1 fully saturated rings. The average molecular weight is 519 g/mol. The van der Waals surface area contributed by atoms with Gasteiger partial charge < -0.3 is 24.7 Å². The van der Waals surface area contributed by atoms with Gasteiger partial charge in [-0.05, 0) is 62.6 Å². The molecular formula is C29H34N4O5. The van der Waals surface area contributed by atoms with Crippen LogP contribution in [-0.2, 0) is 21.5 Å². The van der Waals surface area contributed by atoms with Gasteiger partial charge in [-0.2, -0.15) is 0 Å². The second kappa shape index (κ2) is 10.9. The molecule has 2 amide bonds. The van der Waals surface area contributed by atoms with E-state index in [1.807, 2.05) is 53.4 Å². The highest BCUT2D eigenvalue weighted by Crippen LogP contribution is 2.44. The highest BCUT2D eigenvalue weighted by molar-refractivity contribution is 5.99. The van der Waals surface area contributed by atoms with E-state index in [2.05, 4.69) is 15.2 Å². The summed E-state index contributed by atoms with van der Waals surface area (Å²) in [5.74, 6) is 0.400. The Morgan fingerprint density at radius 1 is 1.11 bits per heavy atom. The highest BCUT2D eigenvalue weighted by atomic mass is 16.5. The van der Waals surface area contributed by atoms with Gasteiger partial charge in [-0.25, -0.2) is 4.79 Å². The first-order valence-corrected chi connectivity index (χ1v) is 13.2. The van der Waals surface area contributed by atoms with Crippen molar-refractivity contribution in [3.05, 3.63) is 65.4 Å². The van der Waals surface area contributed by atoms with Crippen LogP contribution in [0.15, 0.2) is 48.5 Å². The molecule has 5 rings (SSSR count). The monoisotopic (exact) mass is 518 g/mol. The number of ether oxygens (including phenoxy) is 2. The summed E-state index contributed by atoms with van der Waals surface area (Å²) in [5, 5.41) is 3.80. The van der Waals surface area contributed by atoms with E-state index in [-0.39, 0.29) is 25.0 Å². The zero-order chi connectivity index (χ0) is 26.7. The van der Waals surface area contributed by atoms with Crippen molar-refractivity contribution in [3.63, 3.8) is 0 Å². The topological polar surface area (TPSA) is 104 Å². The molecule has 2 aliphatic rings. The number of nitrogens with zero attached hydrogens (tertiary/aromatic N) is 2. The number of Topliss-reactive ketones (excluding diaryl/α,β-unsaturated/α-hetero) is 1. The van der Waals surface area contributed by atoms with Crippen LogP contribution >= 0.6 is 0 Å². The van der Waals surface area contributed by atoms with Crippen LogP contribution in [0.3, 0.4) is 0 Å². The molecule has 0 radical (unpaired) electrons. The van der Waals surface area contributed by atoms with E-state index in [0.29, 0.717) is 31.7 Å².